The zero-order valence-corrected chi connectivity index (χ0v) is 15.2. The molecule has 4 aromatic rings. The van der Waals surface area contributed by atoms with Gasteiger partial charge in [0, 0.05) is 10.6 Å². The Bertz CT molecular complexity index is 1140. The molecule has 0 amide bonds. The van der Waals surface area contributed by atoms with Gasteiger partial charge >= 0.3 is 0 Å². The van der Waals surface area contributed by atoms with Gasteiger partial charge in [-0.15, -0.1) is 10.2 Å². The lowest BCUT2D eigenvalue weighted by atomic mass is 10.2. The van der Waals surface area contributed by atoms with Crippen molar-refractivity contribution >= 4 is 34.3 Å². The van der Waals surface area contributed by atoms with Gasteiger partial charge in [-0.1, -0.05) is 41.6 Å². The third kappa shape index (κ3) is 3.36. The molecular weight excluding hydrogens is 372 g/mol. The molecule has 6 nitrogen and oxygen atoms in total. The number of fused-ring (bicyclic) bond motifs is 1. The zero-order chi connectivity index (χ0) is 18.1. The number of aromatic amines is 1. The van der Waals surface area contributed by atoms with E-state index >= 15 is 0 Å². The van der Waals surface area contributed by atoms with Crippen molar-refractivity contribution in [3.63, 3.8) is 0 Å². The molecule has 0 aliphatic carbocycles. The number of benzene rings is 2. The Labute approximate surface area is 157 Å². The predicted octanol–water partition coefficient (Wildman–Crippen LogP) is 4.48. The third-order valence-electron chi connectivity index (χ3n) is 3.77. The van der Waals surface area contributed by atoms with Crippen LogP contribution in [0.4, 0.5) is 0 Å². The summed E-state index contributed by atoms with van der Waals surface area (Å²) < 4.78 is 5.70. The first kappa shape index (κ1) is 16.8. The van der Waals surface area contributed by atoms with Gasteiger partial charge in [-0.2, -0.15) is 0 Å². The zero-order valence-electron chi connectivity index (χ0n) is 13.6. The summed E-state index contributed by atoms with van der Waals surface area (Å²) in [6, 6.07) is 14.4. The van der Waals surface area contributed by atoms with Crippen LogP contribution in [0, 0.1) is 0 Å². The molecule has 0 unspecified atom stereocenters. The summed E-state index contributed by atoms with van der Waals surface area (Å²) in [6.07, 6.45) is 0. The largest absolute Gasteiger partial charge is 0.411 e. The molecule has 1 N–H and O–H groups in total. The predicted molar refractivity (Wildman–Crippen MR) is 101 cm³/mol. The molecular formula is C18H13ClN4O2S. The van der Waals surface area contributed by atoms with Gasteiger partial charge in [0.25, 0.3) is 10.8 Å². The molecule has 0 bridgehead atoms. The van der Waals surface area contributed by atoms with Gasteiger partial charge in [0.1, 0.15) is 5.82 Å². The van der Waals surface area contributed by atoms with E-state index in [0.717, 1.165) is 5.56 Å². The summed E-state index contributed by atoms with van der Waals surface area (Å²) in [7, 11) is 0. The van der Waals surface area contributed by atoms with Crippen LogP contribution in [0.5, 0.6) is 0 Å². The van der Waals surface area contributed by atoms with Crippen LogP contribution in [0.15, 0.2) is 63.0 Å². The first-order valence-corrected chi connectivity index (χ1v) is 9.11. The smallest absolute Gasteiger partial charge is 0.277 e. The SMILES string of the molecule is C[C@H](Sc1nnc(-c2cccc(Cl)c2)o1)c1nc2ccccc2c(=O)[nH]1. The van der Waals surface area contributed by atoms with E-state index in [4.69, 9.17) is 16.0 Å². The van der Waals surface area contributed by atoms with E-state index < -0.39 is 0 Å². The van der Waals surface area contributed by atoms with E-state index in [1.54, 1.807) is 18.2 Å². The minimum Gasteiger partial charge on any atom is -0.411 e. The number of halogens is 1. The maximum absolute atomic E-state index is 12.2. The second-order valence-corrected chi connectivity index (χ2v) is 7.34. The molecule has 0 saturated carbocycles. The van der Waals surface area contributed by atoms with Crippen molar-refractivity contribution in [2.75, 3.05) is 0 Å². The van der Waals surface area contributed by atoms with E-state index in [-0.39, 0.29) is 10.8 Å². The van der Waals surface area contributed by atoms with Crippen molar-refractivity contribution in [3.05, 3.63) is 69.7 Å². The summed E-state index contributed by atoms with van der Waals surface area (Å²) in [5.41, 5.74) is 1.24. The van der Waals surface area contributed by atoms with E-state index in [1.165, 1.54) is 11.8 Å². The minimum atomic E-state index is -0.167. The topological polar surface area (TPSA) is 84.7 Å². The Balaban J connectivity index is 1.59. The summed E-state index contributed by atoms with van der Waals surface area (Å²) in [4.78, 5) is 19.6. The molecule has 0 fully saturated rings. The van der Waals surface area contributed by atoms with E-state index in [1.807, 2.05) is 37.3 Å². The fourth-order valence-corrected chi connectivity index (χ4v) is 3.43. The van der Waals surface area contributed by atoms with Crippen molar-refractivity contribution in [1.29, 1.82) is 0 Å². The van der Waals surface area contributed by atoms with Crippen LogP contribution in [-0.4, -0.2) is 20.2 Å². The summed E-state index contributed by atoms with van der Waals surface area (Å²) in [6.45, 7) is 1.92. The van der Waals surface area contributed by atoms with Crippen LogP contribution in [-0.2, 0) is 0 Å². The monoisotopic (exact) mass is 384 g/mol. The Hall–Kier alpha value is -2.64. The number of rotatable bonds is 4. The standard InChI is InChI=1S/C18H13ClN4O2S/c1-10(15-20-14-8-3-2-7-13(14)16(24)21-15)26-18-23-22-17(25-18)11-5-4-6-12(19)9-11/h2-10H,1H3,(H,20,21,24)/t10-/m0/s1. The maximum Gasteiger partial charge on any atom is 0.277 e. The van der Waals surface area contributed by atoms with Crippen LogP contribution < -0.4 is 5.56 Å². The molecule has 26 heavy (non-hydrogen) atoms. The number of aromatic nitrogens is 4. The molecule has 0 spiro atoms. The van der Waals surface area contributed by atoms with E-state index in [0.29, 0.717) is 32.9 Å². The van der Waals surface area contributed by atoms with Crippen molar-refractivity contribution in [1.82, 2.24) is 20.2 Å². The second-order valence-electron chi connectivity index (χ2n) is 5.61. The van der Waals surface area contributed by atoms with E-state index in [9.17, 15) is 4.79 Å². The normalized spacial score (nSPS) is 12.4. The highest BCUT2D eigenvalue weighted by molar-refractivity contribution is 7.99. The average Bonchev–Trinajstić information content (AvgIpc) is 3.10. The van der Waals surface area contributed by atoms with Crippen molar-refractivity contribution < 1.29 is 4.42 Å². The molecule has 2 heterocycles. The average molecular weight is 385 g/mol. The molecule has 0 radical (unpaired) electrons. The number of para-hydroxylation sites is 1. The second kappa shape index (κ2) is 6.93. The van der Waals surface area contributed by atoms with Gasteiger partial charge in [-0.25, -0.2) is 4.98 Å². The number of nitrogens with one attached hydrogen (secondary N) is 1. The maximum atomic E-state index is 12.2. The fourth-order valence-electron chi connectivity index (χ4n) is 2.50. The molecule has 4 rings (SSSR count). The Morgan fingerprint density at radius 3 is 2.85 bits per heavy atom. The molecule has 0 saturated heterocycles. The van der Waals surface area contributed by atoms with Crippen LogP contribution in [0.25, 0.3) is 22.4 Å². The van der Waals surface area contributed by atoms with Gasteiger partial charge < -0.3 is 9.40 Å². The number of thioether (sulfide) groups is 1. The van der Waals surface area contributed by atoms with E-state index in [2.05, 4.69) is 20.2 Å². The molecule has 130 valence electrons. The molecule has 8 heteroatoms. The highest BCUT2D eigenvalue weighted by atomic mass is 35.5. The van der Waals surface area contributed by atoms with Crippen LogP contribution in [0.3, 0.4) is 0 Å². The van der Waals surface area contributed by atoms with Crippen molar-refractivity contribution in [3.8, 4) is 11.5 Å². The van der Waals surface area contributed by atoms with Gasteiger partial charge in [0.2, 0.25) is 5.89 Å². The Kier molecular flexibility index (Phi) is 4.48. The number of hydrogen-bond donors (Lipinski definition) is 1. The first-order valence-electron chi connectivity index (χ1n) is 7.85. The first-order chi connectivity index (χ1) is 12.6. The number of nitrogens with zero attached hydrogens (tertiary/aromatic N) is 3. The minimum absolute atomic E-state index is 0.164. The van der Waals surface area contributed by atoms with Gasteiger partial charge in [0.05, 0.1) is 16.2 Å². The highest BCUT2D eigenvalue weighted by Crippen LogP contribution is 2.33. The Morgan fingerprint density at radius 2 is 2.00 bits per heavy atom. The molecule has 0 aliphatic heterocycles. The third-order valence-corrected chi connectivity index (χ3v) is 4.95. The quantitative estimate of drug-likeness (QED) is 0.522. The lowest BCUT2D eigenvalue weighted by Crippen LogP contribution is -2.12. The highest BCUT2D eigenvalue weighted by Gasteiger charge is 2.17. The van der Waals surface area contributed by atoms with Crippen LogP contribution in [0.2, 0.25) is 5.02 Å². The summed E-state index contributed by atoms with van der Waals surface area (Å²) in [5.74, 6) is 0.948. The number of H-pyrrole nitrogens is 1. The summed E-state index contributed by atoms with van der Waals surface area (Å²) >= 11 is 7.32. The Morgan fingerprint density at radius 1 is 1.15 bits per heavy atom. The van der Waals surface area contributed by atoms with Crippen molar-refractivity contribution in [2.24, 2.45) is 0 Å². The lowest BCUT2D eigenvalue weighted by Gasteiger charge is -2.08. The fraction of sp³-hybridized carbons (Fsp3) is 0.111. The van der Waals surface area contributed by atoms with Crippen molar-refractivity contribution in [2.45, 2.75) is 17.4 Å². The van der Waals surface area contributed by atoms with Gasteiger partial charge in [0.15, 0.2) is 0 Å². The number of hydrogen-bond acceptors (Lipinski definition) is 6. The molecule has 0 aliphatic rings. The molecule has 2 aromatic heterocycles. The van der Waals surface area contributed by atoms with Crippen LogP contribution in [0.1, 0.15) is 18.0 Å². The molecule has 2 aromatic carbocycles. The summed E-state index contributed by atoms with van der Waals surface area (Å²) in [5, 5.41) is 9.50. The van der Waals surface area contributed by atoms with Gasteiger partial charge in [-0.3, -0.25) is 4.79 Å². The molecule has 1 atom stereocenters. The lowest BCUT2D eigenvalue weighted by molar-refractivity contribution is 0.465. The van der Waals surface area contributed by atoms with Crippen LogP contribution >= 0.6 is 23.4 Å². The van der Waals surface area contributed by atoms with Gasteiger partial charge in [-0.05, 0) is 37.3 Å².